The predicted molar refractivity (Wildman–Crippen MR) is 121 cm³/mol. The number of rotatable bonds is 4. The quantitative estimate of drug-likeness (QED) is 0.690. The third-order valence-corrected chi connectivity index (χ3v) is 6.47. The molecule has 0 aliphatic carbocycles. The van der Waals surface area contributed by atoms with Crippen LogP contribution in [0.15, 0.2) is 42.5 Å². The molecule has 0 aromatic heterocycles. The van der Waals surface area contributed by atoms with Crippen LogP contribution >= 0.6 is 11.6 Å². The van der Waals surface area contributed by atoms with Crippen molar-refractivity contribution in [1.29, 1.82) is 0 Å². The fourth-order valence-electron chi connectivity index (χ4n) is 4.64. The predicted octanol–water partition coefficient (Wildman–Crippen LogP) is 5.00. The summed E-state index contributed by atoms with van der Waals surface area (Å²) in [7, 11) is 0. The van der Waals surface area contributed by atoms with E-state index < -0.39 is 17.7 Å². The second-order valence-electron chi connectivity index (χ2n) is 8.98. The average Bonchev–Trinajstić information content (AvgIpc) is 2.75. The summed E-state index contributed by atoms with van der Waals surface area (Å²) in [4.78, 5) is 17.5. The number of hydrogen-bond acceptors (Lipinski definition) is 3. The first kappa shape index (κ1) is 22.8. The Morgan fingerprint density at radius 3 is 2.66 bits per heavy atom. The molecule has 4 nitrogen and oxygen atoms in total. The van der Waals surface area contributed by atoms with Crippen molar-refractivity contribution in [2.75, 3.05) is 36.0 Å². The Bertz CT molecular complexity index is 995. The molecule has 1 N–H and O–H groups in total. The van der Waals surface area contributed by atoms with E-state index in [9.17, 15) is 18.0 Å². The molecular formula is C24H27ClF3N3O. The zero-order chi connectivity index (χ0) is 23.0. The highest BCUT2D eigenvalue weighted by molar-refractivity contribution is 6.30. The number of halogens is 4. The topological polar surface area (TPSA) is 35.6 Å². The first-order chi connectivity index (χ1) is 15.1. The number of hydrogen-bond donors (Lipinski definition) is 1. The van der Waals surface area contributed by atoms with E-state index >= 15 is 0 Å². The molecular weight excluding hydrogens is 439 g/mol. The number of anilines is 2. The summed E-state index contributed by atoms with van der Waals surface area (Å²) in [6, 6.07) is 11.4. The summed E-state index contributed by atoms with van der Waals surface area (Å²) < 4.78 is 40.0. The van der Waals surface area contributed by atoms with Gasteiger partial charge in [-0.2, -0.15) is 13.2 Å². The molecule has 2 aliphatic heterocycles. The summed E-state index contributed by atoms with van der Waals surface area (Å²) in [5.41, 5.74) is 1.68. The highest BCUT2D eigenvalue weighted by atomic mass is 35.5. The lowest BCUT2D eigenvalue weighted by atomic mass is 9.82. The Labute approximate surface area is 191 Å². The number of piperazine rings is 1. The number of carbonyl (C=O) groups excluding carboxylic acids is 1. The molecule has 0 saturated carbocycles. The zero-order valence-corrected chi connectivity index (χ0v) is 18.9. The third kappa shape index (κ3) is 4.68. The van der Waals surface area contributed by atoms with Gasteiger partial charge in [0, 0.05) is 42.6 Å². The minimum absolute atomic E-state index is 0.107. The van der Waals surface area contributed by atoms with Crippen LogP contribution < -0.4 is 15.1 Å². The third-order valence-electron chi connectivity index (χ3n) is 6.23. The fraction of sp³-hybridized carbons (Fsp3) is 0.458. The van der Waals surface area contributed by atoms with Gasteiger partial charge in [0.15, 0.2) is 0 Å². The SMILES string of the molecule is CC(C)CNC(=O)[C@@H]1Cc2cc(C(F)(F)F)ccc2N2CCN(c3cccc(Cl)c3)C[C@H]12. The average molecular weight is 466 g/mol. The van der Waals surface area contributed by atoms with Gasteiger partial charge in [-0.3, -0.25) is 4.79 Å². The number of alkyl halides is 3. The van der Waals surface area contributed by atoms with Gasteiger partial charge >= 0.3 is 6.18 Å². The molecule has 172 valence electrons. The number of amides is 1. The lowest BCUT2D eigenvalue weighted by Crippen LogP contribution is -2.61. The minimum atomic E-state index is -4.41. The second kappa shape index (κ2) is 8.85. The van der Waals surface area contributed by atoms with Gasteiger partial charge in [-0.25, -0.2) is 0 Å². The summed E-state index contributed by atoms with van der Waals surface area (Å²) in [5, 5.41) is 3.64. The van der Waals surface area contributed by atoms with Crippen LogP contribution in [0.4, 0.5) is 24.5 Å². The molecule has 1 fully saturated rings. The van der Waals surface area contributed by atoms with Gasteiger partial charge in [0.05, 0.1) is 17.5 Å². The molecule has 0 radical (unpaired) electrons. The Morgan fingerprint density at radius 1 is 1.19 bits per heavy atom. The van der Waals surface area contributed by atoms with E-state index in [1.807, 2.05) is 38.1 Å². The largest absolute Gasteiger partial charge is 0.416 e. The molecule has 2 atom stereocenters. The Balaban J connectivity index is 1.67. The van der Waals surface area contributed by atoms with Crippen molar-refractivity contribution in [2.45, 2.75) is 32.5 Å². The monoisotopic (exact) mass is 465 g/mol. The number of nitrogens with one attached hydrogen (secondary N) is 1. The Hall–Kier alpha value is -2.41. The molecule has 2 aromatic carbocycles. The van der Waals surface area contributed by atoms with Gasteiger partial charge in [0.2, 0.25) is 5.91 Å². The van der Waals surface area contributed by atoms with E-state index in [-0.39, 0.29) is 24.3 Å². The van der Waals surface area contributed by atoms with E-state index in [0.29, 0.717) is 36.8 Å². The molecule has 4 rings (SSSR count). The van der Waals surface area contributed by atoms with Crippen LogP contribution in [0.2, 0.25) is 5.02 Å². The van der Waals surface area contributed by atoms with Gasteiger partial charge < -0.3 is 15.1 Å². The van der Waals surface area contributed by atoms with E-state index in [1.165, 1.54) is 6.07 Å². The van der Waals surface area contributed by atoms with Crippen LogP contribution in [-0.2, 0) is 17.4 Å². The Morgan fingerprint density at radius 2 is 1.97 bits per heavy atom. The Kier molecular flexibility index (Phi) is 6.30. The maximum absolute atomic E-state index is 13.3. The molecule has 1 amide bonds. The van der Waals surface area contributed by atoms with Crippen molar-refractivity contribution in [2.24, 2.45) is 11.8 Å². The fourth-order valence-corrected chi connectivity index (χ4v) is 4.83. The summed E-state index contributed by atoms with van der Waals surface area (Å²) >= 11 is 6.18. The smallest absolute Gasteiger partial charge is 0.368 e. The zero-order valence-electron chi connectivity index (χ0n) is 18.1. The van der Waals surface area contributed by atoms with Crippen LogP contribution in [0.5, 0.6) is 0 Å². The van der Waals surface area contributed by atoms with Crippen molar-refractivity contribution in [3.8, 4) is 0 Å². The van der Waals surface area contributed by atoms with Crippen LogP contribution in [0.3, 0.4) is 0 Å². The summed E-state index contributed by atoms with van der Waals surface area (Å²) in [6.45, 7) is 6.47. The molecule has 1 saturated heterocycles. The van der Waals surface area contributed by atoms with E-state index in [2.05, 4.69) is 15.1 Å². The van der Waals surface area contributed by atoms with Crippen LogP contribution in [0, 0.1) is 11.8 Å². The molecule has 8 heteroatoms. The van der Waals surface area contributed by atoms with Gasteiger partial charge in [-0.15, -0.1) is 0 Å². The molecule has 0 unspecified atom stereocenters. The highest BCUT2D eigenvalue weighted by Crippen LogP contribution is 2.40. The molecule has 2 aliphatic rings. The molecule has 0 bridgehead atoms. The number of carbonyl (C=O) groups is 1. The number of nitrogens with zero attached hydrogens (tertiary/aromatic N) is 2. The molecule has 2 aromatic rings. The first-order valence-corrected chi connectivity index (χ1v) is 11.3. The van der Waals surface area contributed by atoms with Gasteiger partial charge in [0.1, 0.15) is 0 Å². The molecule has 2 heterocycles. The van der Waals surface area contributed by atoms with Crippen molar-refractivity contribution in [1.82, 2.24) is 5.32 Å². The van der Waals surface area contributed by atoms with E-state index in [1.54, 1.807) is 6.07 Å². The van der Waals surface area contributed by atoms with E-state index in [0.717, 1.165) is 17.4 Å². The molecule has 0 spiro atoms. The summed E-state index contributed by atoms with van der Waals surface area (Å²) in [6.07, 6.45) is -4.12. The van der Waals surface area contributed by atoms with Gasteiger partial charge in [-0.1, -0.05) is 31.5 Å². The van der Waals surface area contributed by atoms with Crippen LogP contribution in [-0.4, -0.2) is 38.1 Å². The van der Waals surface area contributed by atoms with Crippen molar-refractivity contribution in [3.63, 3.8) is 0 Å². The van der Waals surface area contributed by atoms with Crippen molar-refractivity contribution in [3.05, 3.63) is 58.6 Å². The normalized spacial score (nSPS) is 20.7. The summed E-state index contributed by atoms with van der Waals surface area (Å²) in [5.74, 6) is -0.256. The minimum Gasteiger partial charge on any atom is -0.368 e. The van der Waals surface area contributed by atoms with Crippen LogP contribution in [0.1, 0.15) is 25.0 Å². The van der Waals surface area contributed by atoms with Gasteiger partial charge in [0.25, 0.3) is 0 Å². The number of fused-ring (bicyclic) bond motifs is 3. The molecule has 32 heavy (non-hydrogen) atoms. The standard InChI is InChI=1S/C24H27ClF3N3O/c1-15(2)13-29-23(32)20-11-16-10-17(24(26,27)28)6-7-21(16)31-9-8-30(14-22(20)31)19-5-3-4-18(25)12-19/h3-7,10,12,15,20,22H,8-9,11,13-14H2,1-2H3,(H,29,32)/t20-,22-/m1/s1. The number of benzene rings is 2. The maximum atomic E-state index is 13.3. The lowest BCUT2D eigenvalue weighted by molar-refractivity contribution is -0.137. The van der Waals surface area contributed by atoms with Crippen molar-refractivity contribution >= 4 is 28.9 Å². The highest BCUT2D eigenvalue weighted by Gasteiger charge is 2.42. The van der Waals surface area contributed by atoms with Gasteiger partial charge in [-0.05, 0) is 54.3 Å². The second-order valence-corrected chi connectivity index (χ2v) is 9.41. The van der Waals surface area contributed by atoms with E-state index in [4.69, 9.17) is 11.6 Å². The lowest BCUT2D eigenvalue weighted by Gasteiger charge is -2.49. The maximum Gasteiger partial charge on any atom is 0.416 e. The van der Waals surface area contributed by atoms with Crippen molar-refractivity contribution < 1.29 is 18.0 Å². The first-order valence-electron chi connectivity index (χ1n) is 10.9. The van der Waals surface area contributed by atoms with Crippen LogP contribution in [0.25, 0.3) is 0 Å².